The predicted molar refractivity (Wildman–Crippen MR) is 66.8 cm³/mol. The quantitative estimate of drug-likeness (QED) is 0.829. The summed E-state index contributed by atoms with van der Waals surface area (Å²) in [4.78, 5) is 5.43. The molecular weight excluding hydrogens is 230 g/mol. The van der Waals surface area contributed by atoms with Crippen LogP contribution in [-0.4, -0.2) is 25.8 Å². The van der Waals surface area contributed by atoms with E-state index < -0.39 is 0 Å². The summed E-state index contributed by atoms with van der Waals surface area (Å²) in [7, 11) is 0. The summed E-state index contributed by atoms with van der Waals surface area (Å²) in [5.74, 6) is 0.699. The van der Waals surface area contributed by atoms with Crippen LogP contribution in [-0.2, 0) is 11.4 Å². The van der Waals surface area contributed by atoms with Gasteiger partial charge in [0.2, 0.25) is 0 Å². The number of nitrogens with one attached hydrogen (secondary N) is 1. The van der Waals surface area contributed by atoms with Crippen LogP contribution >= 0.6 is 0 Å². The lowest BCUT2D eigenvalue weighted by Gasteiger charge is -2.18. The van der Waals surface area contributed by atoms with Gasteiger partial charge in [0.05, 0.1) is 17.8 Å². The van der Waals surface area contributed by atoms with Gasteiger partial charge in [0, 0.05) is 0 Å². The molecule has 0 aliphatic rings. The monoisotopic (exact) mass is 247 g/mol. The van der Waals surface area contributed by atoms with Crippen LogP contribution in [0, 0.1) is 0 Å². The molecule has 0 saturated carbocycles. The number of hydrogen-bond acceptors (Lipinski definition) is 5. The summed E-state index contributed by atoms with van der Waals surface area (Å²) in [5, 5.41) is 11.6. The van der Waals surface area contributed by atoms with Crippen molar-refractivity contribution in [3.05, 3.63) is 36.2 Å². The Kier molecular flexibility index (Phi) is 3.69. The summed E-state index contributed by atoms with van der Waals surface area (Å²) in [6.45, 7) is 6.36. The molecule has 0 aliphatic heterocycles. The van der Waals surface area contributed by atoms with Crippen LogP contribution in [0.1, 0.15) is 26.6 Å². The average Bonchev–Trinajstić information content (AvgIpc) is 2.77. The van der Waals surface area contributed by atoms with Crippen molar-refractivity contribution in [1.82, 2.24) is 25.7 Å². The van der Waals surface area contributed by atoms with E-state index in [0.717, 1.165) is 5.69 Å². The molecule has 18 heavy (non-hydrogen) atoms. The highest BCUT2D eigenvalue weighted by Gasteiger charge is 2.12. The molecule has 2 aromatic rings. The molecule has 6 heteroatoms. The van der Waals surface area contributed by atoms with E-state index in [0.29, 0.717) is 12.4 Å². The van der Waals surface area contributed by atoms with Crippen LogP contribution in [0.2, 0.25) is 0 Å². The normalized spacial score (nSPS) is 11.7. The minimum atomic E-state index is -0.245. The Hall–Kier alpha value is -1.79. The summed E-state index contributed by atoms with van der Waals surface area (Å²) >= 11 is 0. The maximum absolute atomic E-state index is 5.43. The molecule has 96 valence electrons. The lowest BCUT2D eigenvalue weighted by atomic mass is 10.2. The number of tetrazole rings is 1. The second-order valence-corrected chi connectivity index (χ2v) is 4.88. The first-order chi connectivity index (χ1) is 8.56. The van der Waals surface area contributed by atoms with Crippen LogP contribution in [0.15, 0.2) is 30.3 Å². The Morgan fingerprint density at radius 3 is 2.61 bits per heavy atom. The Morgan fingerprint density at radius 2 is 1.94 bits per heavy atom. The molecule has 0 bridgehead atoms. The average molecular weight is 247 g/mol. The van der Waals surface area contributed by atoms with Crippen molar-refractivity contribution in [2.24, 2.45) is 0 Å². The lowest BCUT2D eigenvalue weighted by Crippen LogP contribution is -2.29. The molecule has 6 nitrogen and oxygen atoms in total. The van der Waals surface area contributed by atoms with Gasteiger partial charge in [-0.15, -0.1) is 5.10 Å². The molecule has 0 radical (unpaired) electrons. The zero-order valence-corrected chi connectivity index (χ0v) is 10.8. The molecule has 0 saturated heterocycles. The second kappa shape index (κ2) is 5.24. The molecule has 0 atom stereocenters. The van der Waals surface area contributed by atoms with E-state index in [1.165, 1.54) is 0 Å². The fourth-order valence-electron chi connectivity index (χ4n) is 1.40. The van der Waals surface area contributed by atoms with Gasteiger partial charge in [-0.1, -0.05) is 18.2 Å². The minimum absolute atomic E-state index is 0.245. The molecule has 1 aromatic carbocycles. The SMILES string of the molecule is CC(C)(C)ONCc1nnnn1-c1ccccc1. The first kappa shape index (κ1) is 12.7. The third kappa shape index (κ3) is 3.35. The highest BCUT2D eigenvalue weighted by atomic mass is 16.7. The Labute approximate surface area is 106 Å². The molecule has 0 unspecified atom stereocenters. The third-order valence-corrected chi connectivity index (χ3v) is 2.14. The molecule has 0 spiro atoms. The van der Waals surface area contributed by atoms with Gasteiger partial charge in [-0.3, -0.25) is 4.84 Å². The number of hydrogen-bond donors (Lipinski definition) is 1. The number of benzene rings is 1. The van der Waals surface area contributed by atoms with Crippen molar-refractivity contribution in [2.75, 3.05) is 0 Å². The van der Waals surface area contributed by atoms with Crippen molar-refractivity contribution < 1.29 is 4.84 Å². The summed E-state index contributed by atoms with van der Waals surface area (Å²) in [5.41, 5.74) is 3.56. The molecule has 1 aromatic heterocycles. The first-order valence-corrected chi connectivity index (χ1v) is 5.80. The zero-order chi connectivity index (χ0) is 13.0. The number of rotatable bonds is 4. The highest BCUT2D eigenvalue weighted by Crippen LogP contribution is 2.08. The predicted octanol–water partition coefficient (Wildman–Crippen LogP) is 1.48. The van der Waals surface area contributed by atoms with Crippen molar-refractivity contribution in [3.63, 3.8) is 0 Å². The highest BCUT2D eigenvalue weighted by molar-refractivity contribution is 5.30. The number of nitrogens with zero attached hydrogens (tertiary/aromatic N) is 4. The van der Waals surface area contributed by atoms with Crippen LogP contribution in [0.3, 0.4) is 0 Å². The molecule has 0 fully saturated rings. The largest absolute Gasteiger partial charge is 0.296 e. The number of hydroxylamine groups is 1. The van der Waals surface area contributed by atoms with Crippen LogP contribution < -0.4 is 5.48 Å². The maximum Gasteiger partial charge on any atom is 0.172 e. The van der Waals surface area contributed by atoms with Crippen molar-refractivity contribution in [3.8, 4) is 5.69 Å². The number of para-hydroxylation sites is 1. The van der Waals surface area contributed by atoms with E-state index in [4.69, 9.17) is 4.84 Å². The topological polar surface area (TPSA) is 64.9 Å². The van der Waals surface area contributed by atoms with Crippen molar-refractivity contribution >= 4 is 0 Å². The third-order valence-electron chi connectivity index (χ3n) is 2.14. The van der Waals surface area contributed by atoms with Gasteiger partial charge in [0.25, 0.3) is 0 Å². The van der Waals surface area contributed by atoms with E-state index in [1.54, 1.807) is 4.68 Å². The molecule has 2 rings (SSSR count). The van der Waals surface area contributed by atoms with Gasteiger partial charge in [-0.2, -0.15) is 10.2 Å². The van der Waals surface area contributed by atoms with Crippen LogP contribution in [0.25, 0.3) is 5.69 Å². The zero-order valence-electron chi connectivity index (χ0n) is 10.8. The minimum Gasteiger partial charge on any atom is -0.296 e. The Bertz CT molecular complexity index is 489. The lowest BCUT2D eigenvalue weighted by molar-refractivity contribution is -0.0767. The number of aromatic nitrogens is 4. The van der Waals surface area contributed by atoms with Gasteiger partial charge >= 0.3 is 0 Å². The van der Waals surface area contributed by atoms with Gasteiger partial charge in [0.15, 0.2) is 5.82 Å². The van der Waals surface area contributed by atoms with E-state index in [-0.39, 0.29) is 5.60 Å². The summed E-state index contributed by atoms with van der Waals surface area (Å²) in [6, 6.07) is 9.74. The second-order valence-electron chi connectivity index (χ2n) is 4.88. The van der Waals surface area contributed by atoms with E-state index in [1.807, 2.05) is 51.1 Å². The molecule has 1 N–H and O–H groups in total. The molecule has 0 aliphatic carbocycles. The first-order valence-electron chi connectivity index (χ1n) is 5.80. The van der Waals surface area contributed by atoms with Gasteiger partial charge in [-0.05, 0) is 43.3 Å². The molecule has 0 amide bonds. The van der Waals surface area contributed by atoms with Crippen LogP contribution in [0.4, 0.5) is 0 Å². The maximum atomic E-state index is 5.43. The summed E-state index contributed by atoms with van der Waals surface area (Å²) < 4.78 is 1.68. The molecule has 1 heterocycles. The van der Waals surface area contributed by atoms with Crippen molar-refractivity contribution in [2.45, 2.75) is 32.9 Å². The fourth-order valence-corrected chi connectivity index (χ4v) is 1.40. The van der Waals surface area contributed by atoms with E-state index >= 15 is 0 Å². The van der Waals surface area contributed by atoms with Gasteiger partial charge < -0.3 is 0 Å². The van der Waals surface area contributed by atoms with Crippen LogP contribution in [0.5, 0.6) is 0 Å². The van der Waals surface area contributed by atoms with Gasteiger partial charge in [-0.25, -0.2) is 0 Å². The van der Waals surface area contributed by atoms with Gasteiger partial charge in [0.1, 0.15) is 0 Å². The van der Waals surface area contributed by atoms with Crippen molar-refractivity contribution in [1.29, 1.82) is 0 Å². The summed E-state index contributed by atoms with van der Waals surface area (Å²) in [6.07, 6.45) is 0. The van der Waals surface area contributed by atoms with E-state index in [2.05, 4.69) is 21.0 Å². The Balaban J connectivity index is 2.05. The van der Waals surface area contributed by atoms with E-state index in [9.17, 15) is 0 Å². The smallest absolute Gasteiger partial charge is 0.172 e. The Morgan fingerprint density at radius 1 is 1.22 bits per heavy atom. The standard InChI is InChI=1S/C12H17N5O/c1-12(2,3)18-13-9-11-14-15-16-17(11)10-7-5-4-6-8-10/h4-8,13H,9H2,1-3H3. The fraction of sp³-hybridized carbons (Fsp3) is 0.417. The molecular formula is C12H17N5O.